The van der Waals surface area contributed by atoms with Gasteiger partial charge in [0, 0.05) is 25.7 Å². The van der Waals surface area contributed by atoms with Crippen LogP contribution in [0.2, 0.25) is 5.28 Å². The van der Waals surface area contributed by atoms with Crippen LogP contribution in [0.25, 0.3) is 0 Å². The molecule has 3 rings (SSSR count). The molecule has 1 atom stereocenters. The monoisotopic (exact) mass is 267 g/mol. The van der Waals surface area contributed by atoms with Crippen molar-refractivity contribution in [1.82, 2.24) is 14.9 Å². The molecule has 2 saturated heterocycles. The lowest BCUT2D eigenvalue weighted by Gasteiger charge is -2.44. The van der Waals surface area contributed by atoms with Crippen LogP contribution in [0.4, 0.5) is 11.5 Å². The lowest BCUT2D eigenvalue weighted by molar-refractivity contribution is 0.133. The van der Waals surface area contributed by atoms with Crippen molar-refractivity contribution < 1.29 is 0 Å². The molecule has 0 spiro atoms. The summed E-state index contributed by atoms with van der Waals surface area (Å²) in [6.07, 6.45) is 5.53. The minimum atomic E-state index is 0.269. The fraction of sp³-hybridized carbons (Fsp3) is 0.667. The highest BCUT2D eigenvalue weighted by molar-refractivity contribution is 6.28. The smallest absolute Gasteiger partial charge is 0.224 e. The van der Waals surface area contributed by atoms with Gasteiger partial charge >= 0.3 is 0 Å². The second kappa shape index (κ2) is 4.90. The van der Waals surface area contributed by atoms with Gasteiger partial charge < -0.3 is 10.6 Å². The first kappa shape index (κ1) is 12.0. The fourth-order valence-electron chi connectivity index (χ4n) is 2.96. The number of anilines is 2. The van der Waals surface area contributed by atoms with Crippen molar-refractivity contribution in [3.63, 3.8) is 0 Å². The number of hydrogen-bond donors (Lipinski definition) is 1. The zero-order valence-electron chi connectivity index (χ0n) is 10.3. The van der Waals surface area contributed by atoms with E-state index < -0.39 is 0 Å². The van der Waals surface area contributed by atoms with Crippen LogP contribution in [0.1, 0.15) is 19.3 Å². The van der Waals surface area contributed by atoms with E-state index in [1.807, 2.05) is 0 Å². The van der Waals surface area contributed by atoms with Crippen LogP contribution in [0.15, 0.2) is 6.20 Å². The van der Waals surface area contributed by atoms with Crippen LogP contribution in [-0.2, 0) is 0 Å². The van der Waals surface area contributed by atoms with Gasteiger partial charge in [-0.05, 0) is 31.0 Å². The van der Waals surface area contributed by atoms with Crippen molar-refractivity contribution >= 4 is 23.1 Å². The van der Waals surface area contributed by atoms with Gasteiger partial charge in [0.15, 0.2) is 5.82 Å². The number of piperidine rings is 1. The Morgan fingerprint density at radius 1 is 1.28 bits per heavy atom. The molecule has 98 valence electrons. The third-order valence-corrected chi connectivity index (χ3v) is 4.09. The fourth-order valence-corrected chi connectivity index (χ4v) is 3.09. The molecule has 2 aliphatic heterocycles. The Labute approximate surface area is 112 Å². The van der Waals surface area contributed by atoms with Crippen LogP contribution in [0.5, 0.6) is 0 Å². The standard InChI is InChI=1S/C12H18ClN5/c13-12-15-7-10(14)11(16-12)18-6-5-17-4-2-1-3-9(17)8-18/h7,9H,1-6,8,14H2. The van der Waals surface area contributed by atoms with E-state index in [-0.39, 0.29) is 5.28 Å². The first-order valence-electron chi connectivity index (χ1n) is 6.51. The molecular weight excluding hydrogens is 250 g/mol. The van der Waals surface area contributed by atoms with Crippen LogP contribution in [-0.4, -0.2) is 47.1 Å². The molecule has 0 aliphatic carbocycles. The second-order valence-corrected chi connectivity index (χ2v) is 5.39. The quantitative estimate of drug-likeness (QED) is 0.779. The van der Waals surface area contributed by atoms with Crippen LogP contribution in [0, 0.1) is 0 Å². The van der Waals surface area contributed by atoms with Crippen LogP contribution >= 0.6 is 11.6 Å². The van der Waals surface area contributed by atoms with Crippen molar-refractivity contribution in [2.75, 3.05) is 36.8 Å². The minimum Gasteiger partial charge on any atom is -0.394 e. The normalized spacial score (nSPS) is 24.9. The molecule has 0 radical (unpaired) electrons. The highest BCUT2D eigenvalue weighted by Gasteiger charge is 2.30. The lowest BCUT2D eigenvalue weighted by Crippen LogP contribution is -2.55. The van der Waals surface area contributed by atoms with Gasteiger partial charge in [-0.25, -0.2) is 4.98 Å². The summed E-state index contributed by atoms with van der Waals surface area (Å²) in [5.74, 6) is 0.792. The highest BCUT2D eigenvalue weighted by atomic mass is 35.5. The molecule has 0 aromatic carbocycles. The van der Waals surface area contributed by atoms with Gasteiger partial charge in [0.2, 0.25) is 5.28 Å². The molecule has 0 amide bonds. The summed E-state index contributed by atoms with van der Waals surface area (Å²) in [4.78, 5) is 13.0. The molecule has 2 N–H and O–H groups in total. The molecule has 1 unspecified atom stereocenters. The predicted octanol–water partition coefficient (Wildman–Crippen LogP) is 1.39. The number of hydrogen-bond acceptors (Lipinski definition) is 5. The topological polar surface area (TPSA) is 58.3 Å². The zero-order chi connectivity index (χ0) is 12.5. The van der Waals surface area contributed by atoms with Crippen molar-refractivity contribution in [3.05, 3.63) is 11.5 Å². The summed E-state index contributed by atoms with van der Waals surface area (Å²) in [5, 5.41) is 0.269. The Hall–Kier alpha value is -1.07. The number of nitrogens with two attached hydrogens (primary N) is 1. The average molecular weight is 268 g/mol. The second-order valence-electron chi connectivity index (χ2n) is 5.05. The molecule has 5 nitrogen and oxygen atoms in total. The molecule has 0 bridgehead atoms. The Balaban J connectivity index is 1.79. The minimum absolute atomic E-state index is 0.269. The van der Waals surface area contributed by atoms with Crippen LogP contribution < -0.4 is 10.6 Å². The van der Waals surface area contributed by atoms with Gasteiger partial charge in [0.1, 0.15) is 0 Å². The average Bonchev–Trinajstić information content (AvgIpc) is 2.41. The maximum atomic E-state index is 5.95. The van der Waals surface area contributed by atoms with E-state index in [2.05, 4.69) is 19.8 Å². The van der Waals surface area contributed by atoms with Crippen LogP contribution in [0.3, 0.4) is 0 Å². The number of fused-ring (bicyclic) bond motifs is 1. The molecule has 2 fully saturated rings. The summed E-state index contributed by atoms with van der Waals surface area (Å²) in [6.45, 7) is 4.29. The van der Waals surface area contributed by atoms with Gasteiger partial charge in [0.25, 0.3) is 0 Å². The van der Waals surface area contributed by atoms with Gasteiger partial charge in [0.05, 0.1) is 11.9 Å². The van der Waals surface area contributed by atoms with E-state index in [1.165, 1.54) is 25.8 Å². The van der Waals surface area contributed by atoms with E-state index in [0.29, 0.717) is 11.7 Å². The summed E-state index contributed by atoms with van der Waals surface area (Å²) in [6, 6.07) is 0.639. The van der Waals surface area contributed by atoms with Gasteiger partial charge in [-0.3, -0.25) is 4.90 Å². The van der Waals surface area contributed by atoms with E-state index >= 15 is 0 Å². The summed E-state index contributed by atoms with van der Waals surface area (Å²) in [5.41, 5.74) is 6.56. The summed E-state index contributed by atoms with van der Waals surface area (Å²) in [7, 11) is 0. The number of halogens is 1. The van der Waals surface area contributed by atoms with E-state index in [1.54, 1.807) is 6.20 Å². The van der Waals surface area contributed by atoms with Crippen molar-refractivity contribution in [2.45, 2.75) is 25.3 Å². The van der Waals surface area contributed by atoms with E-state index in [9.17, 15) is 0 Å². The first-order chi connectivity index (χ1) is 8.74. The van der Waals surface area contributed by atoms with Gasteiger partial charge in [-0.15, -0.1) is 0 Å². The molecule has 18 heavy (non-hydrogen) atoms. The number of nitrogen functional groups attached to an aromatic ring is 1. The number of piperazine rings is 1. The number of rotatable bonds is 1. The van der Waals surface area contributed by atoms with Gasteiger partial charge in [-0.2, -0.15) is 4.98 Å². The molecule has 6 heteroatoms. The molecule has 0 saturated carbocycles. The largest absolute Gasteiger partial charge is 0.394 e. The Kier molecular flexibility index (Phi) is 3.26. The first-order valence-corrected chi connectivity index (χ1v) is 6.89. The summed E-state index contributed by atoms with van der Waals surface area (Å²) >= 11 is 5.86. The molecule has 3 heterocycles. The van der Waals surface area contributed by atoms with E-state index in [4.69, 9.17) is 17.3 Å². The molecular formula is C12H18ClN5. The third kappa shape index (κ3) is 2.24. The molecule has 2 aliphatic rings. The maximum absolute atomic E-state index is 5.95. The number of aromatic nitrogens is 2. The molecule has 1 aromatic rings. The highest BCUT2D eigenvalue weighted by Crippen LogP contribution is 2.27. The van der Waals surface area contributed by atoms with Gasteiger partial charge in [-0.1, -0.05) is 6.42 Å². The molecule has 1 aromatic heterocycles. The Morgan fingerprint density at radius 2 is 2.17 bits per heavy atom. The SMILES string of the molecule is Nc1cnc(Cl)nc1N1CCN2CCCCC2C1. The number of nitrogens with zero attached hydrogens (tertiary/aromatic N) is 4. The van der Waals surface area contributed by atoms with Crippen molar-refractivity contribution in [2.24, 2.45) is 0 Å². The third-order valence-electron chi connectivity index (χ3n) is 3.90. The zero-order valence-corrected chi connectivity index (χ0v) is 11.1. The van der Waals surface area contributed by atoms with Crippen molar-refractivity contribution in [1.29, 1.82) is 0 Å². The predicted molar refractivity (Wildman–Crippen MR) is 72.9 cm³/mol. The maximum Gasteiger partial charge on any atom is 0.224 e. The van der Waals surface area contributed by atoms with E-state index in [0.717, 1.165) is 25.5 Å². The summed E-state index contributed by atoms with van der Waals surface area (Å²) < 4.78 is 0. The Morgan fingerprint density at radius 3 is 3.06 bits per heavy atom. The lowest BCUT2D eigenvalue weighted by atomic mass is 9.99. The Bertz CT molecular complexity index is 438. The van der Waals surface area contributed by atoms with Crippen molar-refractivity contribution in [3.8, 4) is 0 Å².